The summed E-state index contributed by atoms with van der Waals surface area (Å²) in [4.78, 5) is 0. The van der Waals surface area contributed by atoms with E-state index in [9.17, 15) is 0 Å². The highest BCUT2D eigenvalue weighted by atomic mass is 16.5. The lowest BCUT2D eigenvalue weighted by Gasteiger charge is -2.15. The Morgan fingerprint density at radius 3 is 2.93 bits per heavy atom. The van der Waals surface area contributed by atoms with Gasteiger partial charge in [0.2, 0.25) is 0 Å². The Kier molecular flexibility index (Phi) is 2.70. The molecule has 0 radical (unpaired) electrons. The first-order valence-corrected chi connectivity index (χ1v) is 4.91. The minimum absolute atomic E-state index is 0.224. The number of methoxy groups -OCH3 is 1. The molecule has 1 fully saturated rings. The molecule has 1 aromatic rings. The van der Waals surface area contributed by atoms with Gasteiger partial charge in [-0.2, -0.15) is 0 Å². The van der Waals surface area contributed by atoms with E-state index in [1.165, 1.54) is 5.56 Å². The Morgan fingerprint density at radius 1 is 1.43 bits per heavy atom. The highest BCUT2D eigenvalue weighted by Gasteiger charge is 2.24. The molecule has 1 aliphatic heterocycles. The van der Waals surface area contributed by atoms with Crippen LogP contribution in [0.5, 0.6) is 5.75 Å². The van der Waals surface area contributed by atoms with Gasteiger partial charge in [0, 0.05) is 25.0 Å². The first-order chi connectivity index (χ1) is 6.81. The number of hydrogen-bond acceptors (Lipinski definition) is 3. The predicted octanol–water partition coefficient (Wildman–Crippen LogP) is 0.709. The third-order valence-corrected chi connectivity index (χ3v) is 2.78. The van der Waals surface area contributed by atoms with Crippen LogP contribution < -0.4 is 15.8 Å². The molecule has 3 nitrogen and oxygen atoms in total. The van der Waals surface area contributed by atoms with Crippen molar-refractivity contribution in [1.82, 2.24) is 5.32 Å². The van der Waals surface area contributed by atoms with Crippen LogP contribution in [0, 0.1) is 0 Å². The van der Waals surface area contributed by atoms with Crippen molar-refractivity contribution >= 4 is 0 Å². The summed E-state index contributed by atoms with van der Waals surface area (Å²) in [7, 11) is 1.69. The third kappa shape index (κ3) is 1.74. The van der Waals surface area contributed by atoms with Crippen LogP contribution in [-0.4, -0.2) is 26.2 Å². The lowest BCUT2D eigenvalue weighted by atomic mass is 9.95. The minimum Gasteiger partial charge on any atom is -0.497 e. The van der Waals surface area contributed by atoms with Crippen LogP contribution in [-0.2, 0) is 0 Å². The number of rotatable bonds is 2. The highest BCUT2D eigenvalue weighted by molar-refractivity contribution is 5.32. The maximum absolute atomic E-state index is 6.00. The largest absolute Gasteiger partial charge is 0.497 e. The summed E-state index contributed by atoms with van der Waals surface area (Å²) >= 11 is 0. The van der Waals surface area contributed by atoms with Gasteiger partial charge < -0.3 is 15.8 Å². The average Bonchev–Trinajstić information content (AvgIpc) is 2.65. The van der Waals surface area contributed by atoms with Gasteiger partial charge in [-0.3, -0.25) is 0 Å². The predicted molar refractivity (Wildman–Crippen MR) is 56.6 cm³/mol. The Hall–Kier alpha value is -1.06. The fourth-order valence-corrected chi connectivity index (χ4v) is 1.94. The molecule has 0 spiro atoms. The molecule has 0 bridgehead atoms. The number of hydrogen-bond donors (Lipinski definition) is 2. The summed E-state index contributed by atoms with van der Waals surface area (Å²) < 4.78 is 5.19. The maximum Gasteiger partial charge on any atom is 0.119 e. The van der Waals surface area contributed by atoms with Crippen molar-refractivity contribution in [3.63, 3.8) is 0 Å². The zero-order valence-corrected chi connectivity index (χ0v) is 8.36. The van der Waals surface area contributed by atoms with Crippen LogP contribution in [0.4, 0.5) is 0 Å². The number of nitrogens with two attached hydrogens (primary N) is 1. The van der Waals surface area contributed by atoms with E-state index in [2.05, 4.69) is 17.4 Å². The van der Waals surface area contributed by atoms with E-state index in [1.54, 1.807) is 7.11 Å². The van der Waals surface area contributed by atoms with Crippen molar-refractivity contribution < 1.29 is 4.74 Å². The van der Waals surface area contributed by atoms with E-state index in [1.807, 2.05) is 12.1 Å². The fourth-order valence-electron chi connectivity index (χ4n) is 1.94. The third-order valence-electron chi connectivity index (χ3n) is 2.78. The van der Waals surface area contributed by atoms with Crippen molar-refractivity contribution in [3.8, 4) is 5.75 Å². The molecule has 3 heteroatoms. The van der Waals surface area contributed by atoms with Crippen molar-refractivity contribution in [2.75, 3.05) is 20.2 Å². The lowest BCUT2D eigenvalue weighted by Crippen LogP contribution is -2.27. The summed E-state index contributed by atoms with van der Waals surface area (Å²) in [5, 5.41) is 3.29. The molecule has 0 saturated carbocycles. The van der Waals surface area contributed by atoms with E-state index >= 15 is 0 Å². The molecule has 2 rings (SSSR count). The van der Waals surface area contributed by atoms with E-state index in [4.69, 9.17) is 10.5 Å². The molecule has 1 aliphatic rings. The highest BCUT2D eigenvalue weighted by Crippen LogP contribution is 2.24. The SMILES string of the molecule is COc1cccc(C2CNCC2N)c1. The van der Waals surface area contributed by atoms with Crippen molar-refractivity contribution in [2.24, 2.45) is 5.73 Å². The van der Waals surface area contributed by atoms with Crippen molar-refractivity contribution in [1.29, 1.82) is 0 Å². The van der Waals surface area contributed by atoms with Gasteiger partial charge in [-0.05, 0) is 17.7 Å². The molecule has 76 valence electrons. The van der Waals surface area contributed by atoms with Gasteiger partial charge in [0.15, 0.2) is 0 Å². The molecule has 0 amide bonds. The monoisotopic (exact) mass is 192 g/mol. The summed E-state index contributed by atoms with van der Waals surface area (Å²) in [6.07, 6.45) is 0. The van der Waals surface area contributed by atoms with Crippen LogP contribution in [0.25, 0.3) is 0 Å². The van der Waals surface area contributed by atoms with E-state index < -0.39 is 0 Å². The minimum atomic E-state index is 0.224. The summed E-state index contributed by atoms with van der Waals surface area (Å²) in [5.74, 6) is 1.33. The van der Waals surface area contributed by atoms with Gasteiger partial charge >= 0.3 is 0 Å². The van der Waals surface area contributed by atoms with Gasteiger partial charge in [0.05, 0.1) is 7.11 Å². The van der Waals surface area contributed by atoms with Gasteiger partial charge in [-0.1, -0.05) is 12.1 Å². The Balaban J connectivity index is 2.22. The van der Waals surface area contributed by atoms with Gasteiger partial charge in [0.1, 0.15) is 5.75 Å². The van der Waals surface area contributed by atoms with E-state index in [0.29, 0.717) is 5.92 Å². The zero-order valence-electron chi connectivity index (χ0n) is 8.36. The average molecular weight is 192 g/mol. The fraction of sp³-hybridized carbons (Fsp3) is 0.455. The van der Waals surface area contributed by atoms with Crippen LogP contribution >= 0.6 is 0 Å². The Morgan fingerprint density at radius 2 is 2.29 bits per heavy atom. The topological polar surface area (TPSA) is 47.3 Å². The van der Waals surface area contributed by atoms with Crippen molar-refractivity contribution in [3.05, 3.63) is 29.8 Å². The molecule has 14 heavy (non-hydrogen) atoms. The molecular formula is C11H16N2O. The van der Waals surface area contributed by atoms with Gasteiger partial charge in [0.25, 0.3) is 0 Å². The van der Waals surface area contributed by atoms with Crippen LogP contribution in [0.3, 0.4) is 0 Å². The summed E-state index contributed by atoms with van der Waals surface area (Å²) in [5.41, 5.74) is 7.26. The normalized spacial score (nSPS) is 26.4. The maximum atomic E-state index is 6.00. The molecule has 2 unspecified atom stereocenters. The first-order valence-electron chi connectivity index (χ1n) is 4.91. The van der Waals surface area contributed by atoms with Gasteiger partial charge in [-0.15, -0.1) is 0 Å². The Labute approximate surface area is 84.3 Å². The second-order valence-electron chi connectivity index (χ2n) is 3.71. The van der Waals surface area contributed by atoms with Gasteiger partial charge in [-0.25, -0.2) is 0 Å². The van der Waals surface area contributed by atoms with Crippen LogP contribution in [0.15, 0.2) is 24.3 Å². The Bertz CT molecular complexity index is 314. The van der Waals surface area contributed by atoms with Crippen molar-refractivity contribution in [2.45, 2.75) is 12.0 Å². The number of nitrogens with one attached hydrogen (secondary N) is 1. The molecule has 1 saturated heterocycles. The summed E-state index contributed by atoms with van der Waals surface area (Å²) in [6.45, 7) is 1.87. The molecule has 0 aromatic heterocycles. The lowest BCUT2D eigenvalue weighted by molar-refractivity contribution is 0.413. The van der Waals surface area contributed by atoms with E-state index in [-0.39, 0.29) is 6.04 Å². The molecular weight excluding hydrogens is 176 g/mol. The smallest absolute Gasteiger partial charge is 0.119 e. The number of benzene rings is 1. The van der Waals surface area contributed by atoms with Crippen LogP contribution in [0.2, 0.25) is 0 Å². The zero-order chi connectivity index (χ0) is 9.97. The molecule has 1 heterocycles. The second kappa shape index (κ2) is 3.98. The second-order valence-corrected chi connectivity index (χ2v) is 3.71. The molecule has 1 aromatic carbocycles. The molecule has 2 atom stereocenters. The van der Waals surface area contributed by atoms with Crippen LogP contribution in [0.1, 0.15) is 11.5 Å². The first kappa shape index (κ1) is 9.49. The summed E-state index contributed by atoms with van der Waals surface area (Å²) in [6, 6.07) is 8.37. The quantitative estimate of drug-likeness (QED) is 0.725. The molecule has 3 N–H and O–H groups in total. The van der Waals surface area contributed by atoms with E-state index in [0.717, 1.165) is 18.8 Å². The molecule has 0 aliphatic carbocycles. The standard InChI is InChI=1S/C11H16N2O/c1-14-9-4-2-3-8(5-9)10-6-13-7-11(10)12/h2-5,10-11,13H,6-7,12H2,1H3. The number of ether oxygens (including phenoxy) is 1.